The molecule has 158 valence electrons. The number of amides is 2. The van der Waals surface area contributed by atoms with Gasteiger partial charge in [-0.05, 0) is 57.5 Å². The van der Waals surface area contributed by atoms with Crippen LogP contribution in [-0.2, 0) is 4.74 Å². The average molecular weight is 409 g/mol. The van der Waals surface area contributed by atoms with Crippen molar-refractivity contribution < 1.29 is 14.3 Å². The quantitative estimate of drug-likeness (QED) is 0.705. The third-order valence-electron chi connectivity index (χ3n) is 4.68. The topological polar surface area (TPSA) is 94.5 Å². The molecule has 2 aliphatic rings. The lowest BCUT2D eigenvalue weighted by Crippen LogP contribution is -2.40. The van der Waals surface area contributed by atoms with E-state index in [9.17, 15) is 9.59 Å². The molecule has 3 N–H and O–H groups in total. The van der Waals surface area contributed by atoms with E-state index in [4.69, 9.17) is 10.1 Å². The molecule has 1 fully saturated rings. The fraction of sp³-hybridized carbons (Fsp3) is 0.348. The number of carbonyl (C=O) groups is 2. The first-order valence-corrected chi connectivity index (χ1v) is 10.0. The van der Waals surface area contributed by atoms with Crippen molar-refractivity contribution in [1.82, 2.24) is 10.2 Å². The summed E-state index contributed by atoms with van der Waals surface area (Å²) in [6.45, 7) is 6.52. The zero-order valence-electron chi connectivity index (χ0n) is 17.6. The normalized spacial score (nSPS) is 19.8. The number of anilines is 1. The molecular formula is C23H28N4O3. The van der Waals surface area contributed by atoms with Gasteiger partial charge in [0.25, 0.3) is 5.91 Å². The zero-order chi connectivity index (χ0) is 21.7. The van der Waals surface area contributed by atoms with Crippen LogP contribution in [0.3, 0.4) is 0 Å². The maximum Gasteiger partial charge on any atom is 0.410 e. The van der Waals surface area contributed by atoms with Crippen LogP contribution in [0.15, 0.2) is 60.3 Å². The molecule has 1 atom stereocenters. The number of hydrogen-bond donors (Lipinski definition) is 3. The predicted molar refractivity (Wildman–Crippen MR) is 118 cm³/mol. The van der Waals surface area contributed by atoms with Crippen LogP contribution in [0.1, 0.15) is 37.6 Å². The standard InChI is InChI=1S/C23H28N4O3/c1-23(2,3)30-22(29)27-13-12-19(15-27)26-21(28)16-8-10-18(11-9-16)25-14-17-6-4-5-7-20(17)24/h4-11,14,19,24-25H,12-13,15H2,1-3H3,(H,26,28)/b17-14-,24-20?/t19-/m1/s1. The Morgan fingerprint density at radius 3 is 2.53 bits per heavy atom. The van der Waals surface area contributed by atoms with Gasteiger partial charge in [0, 0.05) is 42.2 Å². The summed E-state index contributed by atoms with van der Waals surface area (Å²) in [5, 5.41) is 14.0. The van der Waals surface area contributed by atoms with Crippen molar-refractivity contribution >= 4 is 23.4 Å². The van der Waals surface area contributed by atoms with Crippen LogP contribution >= 0.6 is 0 Å². The molecule has 0 spiro atoms. The lowest BCUT2D eigenvalue weighted by Gasteiger charge is -2.24. The van der Waals surface area contributed by atoms with Gasteiger partial charge < -0.3 is 25.7 Å². The van der Waals surface area contributed by atoms with Gasteiger partial charge in [-0.2, -0.15) is 0 Å². The van der Waals surface area contributed by atoms with Crippen LogP contribution in [-0.4, -0.2) is 47.3 Å². The van der Waals surface area contributed by atoms with Crippen molar-refractivity contribution in [2.45, 2.75) is 38.8 Å². The number of rotatable bonds is 4. The second kappa shape index (κ2) is 8.98. The number of hydrogen-bond acceptors (Lipinski definition) is 5. The minimum atomic E-state index is -0.533. The van der Waals surface area contributed by atoms with Gasteiger partial charge in [0.15, 0.2) is 0 Å². The molecule has 0 aromatic heterocycles. The van der Waals surface area contributed by atoms with E-state index in [-0.39, 0.29) is 18.0 Å². The summed E-state index contributed by atoms with van der Waals surface area (Å²) in [5.74, 6) is -0.168. The van der Waals surface area contributed by atoms with E-state index in [1.807, 2.05) is 51.1 Å². The molecule has 0 bridgehead atoms. The Kier molecular flexibility index (Phi) is 6.40. The number of nitrogens with one attached hydrogen (secondary N) is 3. The molecule has 1 aromatic carbocycles. The Bertz CT molecular complexity index is 907. The Morgan fingerprint density at radius 2 is 1.87 bits per heavy atom. The second-order valence-electron chi connectivity index (χ2n) is 8.34. The van der Waals surface area contributed by atoms with E-state index < -0.39 is 5.60 Å². The highest BCUT2D eigenvalue weighted by Gasteiger charge is 2.30. The van der Waals surface area contributed by atoms with Crippen LogP contribution < -0.4 is 10.6 Å². The number of nitrogens with zero attached hydrogens (tertiary/aromatic N) is 1. The van der Waals surface area contributed by atoms with Gasteiger partial charge in [-0.1, -0.05) is 18.2 Å². The minimum absolute atomic E-state index is 0.0929. The number of ether oxygens (including phenoxy) is 1. The Balaban J connectivity index is 1.51. The first kappa shape index (κ1) is 21.4. The van der Waals surface area contributed by atoms with E-state index in [0.29, 0.717) is 30.8 Å². The summed E-state index contributed by atoms with van der Waals surface area (Å²) in [6.07, 6.45) is 9.41. The van der Waals surface area contributed by atoms with E-state index in [1.165, 1.54) is 0 Å². The largest absolute Gasteiger partial charge is 0.444 e. The molecule has 7 heteroatoms. The lowest BCUT2D eigenvalue weighted by atomic mass is 10.1. The predicted octanol–water partition coefficient (Wildman–Crippen LogP) is 3.87. The molecule has 3 rings (SSSR count). The summed E-state index contributed by atoms with van der Waals surface area (Å²) in [6, 6.07) is 7.04. The maximum atomic E-state index is 12.5. The van der Waals surface area contributed by atoms with E-state index in [2.05, 4.69) is 10.6 Å². The third kappa shape index (κ3) is 5.83. The van der Waals surface area contributed by atoms with Crippen LogP contribution in [0.2, 0.25) is 0 Å². The van der Waals surface area contributed by atoms with E-state index in [0.717, 1.165) is 11.3 Å². The Morgan fingerprint density at radius 1 is 1.17 bits per heavy atom. The van der Waals surface area contributed by atoms with Crippen molar-refractivity contribution in [3.8, 4) is 0 Å². The number of carbonyl (C=O) groups excluding carboxylic acids is 2. The molecule has 1 heterocycles. The van der Waals surface area contributed by atoms with Gasteiger partial charge in [-0.25, -0.2) is 4.79 Å². The van der Waals surface area contributed by atoms with Gasteiger partial charge in [0.1, 0.15) is 5.60 Å². The highest BCUT2D eigenvalue weighted by Crippen LogP contribution is 2.17. The molecular weight excluding hydrogens is 380 g/mol. The smallest absolute Gasteiger partial charge is 0.410 e. The fourth-order valence-electron chi connectivity index (χ4n) is 3.14. The van der Waals surface area contributed by atoms with Gasteiger partial charge in [-0.15, -0.1) is 0 Å². The zero-order valence-corrected chi connectivity index (χ0v) is 17.6. The van der Waals surface area contributed by atoms with Crippen LogP contribution in [0.25, 0.3) is 0 Å². The molecule has 30 heavy (non-hydrogen) atoms. The summed E-state index contributed by atoms with van der Waals surface area (Å²) in [5.41, 5.74) is 2.07. The first-order chi connectivity index (χ1) is 14.2. The Hall–Kier alpha value is -3.35. The van der Waals surface area contributed by atoms with Gasteiger partial charge in [-0.3, -0.25) is 4.79 Å². The van der Waals surface area contributed by atoms with Gasteiger partial charge >= 0.3 is 6.09 Å². The molecule has 1 aromatic rings. The van der Waals surface area contributed by atoms with E-state index >= 15 is 0 Å². The van der Waals surface area contributed by atoms with Crippen molar-refractivity contribution in [3.63, 3.8) is 0 Å². The number of benzene rings is 1. The monoisotopic (exact) mass is 408 g/mol. The fourth-order valence-corrected chi connectivity index (χ4v) is 3.14. The van der Waals surface area contributed by atoms with Gasteiger partial charge in [0.05, 0.1) is 5.71 Å². The van der Waals surface area contributed by atoms with Gasteiger partial charge in [0.2, 0.25) is 0 Å². The van der Waals surface area contributed by atoms with Crippen molar-refractivity contribution in [2.75, 3.05) is 18.4 Å². The molecule has 2 amide bonds. The summed E-state index contributed by atoms with van der Waals surface area (Å²) < 4.78 is 5.39. The van der Waals surface area contributed by atoms with Crippen molar-refractivity contribution in [3.05, 3.63) is 65.9 Å². The van der Waals surface area contributed by atoms with Crippen LogP contribution in [0, 0.1) is 5.41 Å². The lowest BCUT2D eigenvalue weighted by molar-refractivity contribution is 0.0290. The van der Waals surface area contributed by atoms with E-state index in [1.54, 1.807) is 29.3 Å². The average Bonchev–Trinajstić information content (AvgIpc) is 3.15. The number of allylic oxidation sites excluding steroid dienone is 5. The van der Waals surface area contributed by atoms with Crippen LogP contribution in [0.4, 0.5) is 10.5 Å². The Labute approximate surface area is 177 Å². The van der Waals surface area contributed by atoms with Crippen molar-refractivity contribution in [2.24, 2.45) is 0 Å². The third-order valence-corrected chi connectivity index (χ3v) is 4.68. The highest BCUT2D eigenvalue weighted by molar-refractivity contribution is 6.09. The minimum Gasteiger partial charge on any atom is -0.444 e. The second-order valence-corrected chi connectivity index (χ2v) is 8.34. The molecule has 1 aliphatic heterocycles. The molecule has 1 saturated heterocycles. The molecule has 0 saturated carbocycles. The van der Waals surface area contributed by atoms with Crippen LogP contribution in [0.5, 0.6) is 0 Å². The SMILES string of the molecule is CC(C)(C)OC(=O)N1CC[C@@H](NC(=O)c2ccc(N/C=C3/C=CC=CC3=N)cc2)C1. The molecule has 7 nitrogen and oxygen atoms in total. The highest BCUT2D eigenvalue weighted by atomic mass is 16.6. The van der Waals surface area contributed by atoms with Crippen molar-refractivity contribution in [1.29, 1.82) is 5.41 Å². The number of likely N-dealkylation sites (tertiary alicyclic amines) is 1. The summed E-state index contributed by atoms with van der Waals surface area (Å²) in [7, 11) is 0. The molecule has 1 aliphatic carbocycles. The summed E-state index contributed by atoms with van der Waals surface area (Å²) in [4.78, 5) is 26.3. The maximum absolute atomic E-state index is 12.5. The summed E-state index contributed by atoms with van der Waals surface area (Å²) >= 11 is 0. The molecule has 0 unspecified atom stereocenters. The first-order valence-electron chi connectivity index (χ1n) is 10.0. The molecule has 0 radical (unpaired) electrons.